The third kappa shape index (κ3) is 5.96. The average molecular weight is 377 g/mol. The Bertz CT molecular complexity index is 623. The molecule has 0 bridgehead atoms. The zero-order valence-corrected chi connectivity index (χ0v) is 17.5. The van der Waals surface area contributed by atoms with Gasteiger partial charge in [-0.2, -0.15) is 0 Å². The van der Waals surface area contributed by atoms with Crippen molar-refractivity contribution >= 4 is 6.09 Å². The van der Waals surface area contributed by atoms with Crippen LogP contribution in [0.1, 0.15) is 70.8 Å². The van der Waals surface area contributed by atoms with Crippen LogP contribution >= 0.6 is 0 Å². The maximum absolute atomic E-state index is 12.3. The van der Waals surface area contributed by atoms with Crippen molar-refractivity contribution in [2.75, 3.05) is 26.2 Å². The molecule has 0 spiro atoms. The van der Waals surface area contributed by atoms with Crippen LogP contribution in [0.2, 0.25) is 0 Å². The maximum atomic E-state index is 12.3. The SMILES string of the molecule is CCc1cn(CCNCC2CC2)c(C2CCN(C(=O)OC(C)(C)C)CC2)n1. The topological polar surface area (TPSA) is 59.4 Å². The Morgan fingerprint density at radius 1 is 1.26 bits per heavy atom. The van der Waals surface area contributed by atoms with E-state index in [0.29, 0.717) is 5.92 Å². The lowest BCUT2D eigenvalue weighted by atomic mass is 9.96. The van der Waals surface area contributed by atoms with Crippen LogP contribution in [0.5, 0.6) is 0 Å². The molecular weight excluding hydrogens is 340 g/mol. The quantitative estimate of drug-likeness (QED) is 0.739. The molecule has 0 aromatic carbocycles. The number of piperidine rings is 1. The highest BCUT2D eigenvalue weighted by Gasteiger charge is 2.29. The molecule has 1 aromatic rings. The number of hydrogen-bond acceptors (Lipinski definition) is 4. The van der Waals surface area contributed by atoms with Crippen molar-refractivity contribution in [1.29, 1.82) is 0 Å². The fourth-order valence-corrected chi connectivity index (χ4v) is 3.64. The molecule has 152 valence electrons. The molecule has 2 aliphatic rings. The summed E-state index contributed by atoms with van der Waals surface area (Å²) in [5, 5.41) is 3.58. The molecular formula is C21H36N4O2. The third-order valence-electron chi connectivity index (χ3n) is 5.39. The zero-order chi connectivity index (χ0) is 19.4. The molecule has 2 heterocycles. The molecule has 1 N–H and O–H groups in total. The van der Waals surface area contributed by atoms with Gasteiger partial charge in [-0.05, 0) is 65.3 Å². The lowest BCUT2D eigenvalue weighted by Crippen LogP contribution is -2.41. The molecule has 27 heavy (non-hydrogen) atoms. The van der Waals surface area contributed by atoms with Crippen LogP contribution in [0, 0.1) is 5.92 Å². The van der Waals surface area contributed by atoms with Gasteiger partial charge in [0.1, 0.15) is 11.4 Å². The minimum Gasteiger partial charge on any atom is -0.444 e. The summed E-state index contributed by atoms with van der Waals surface area (Å²) in [6.07, 6.45) is 7.67. The van der Waals surface area contributed by atoms with Gasteiger partial charge in [0.05, 0.1) is 5.69 Å². The van der Waals surface area contributed by atoms with Crippen molar-refractivity contribution in [3.05, 3.63) is 17.7 Å². The van der Waals surface area contributed by atoms with Gasteiger partial charge >= 0.3 is 6.09 Å². The van der Waals surface area contributed by atoms with Crippen LogP contribution in [0.3, 0.4) is 0 Å². The highest BCUT2D eigenvalue weighted by molar-refractivity contribution is 5.68. The Morgan fingerprint density at radius 2 is 1.96 bits per heavy atom. The van der Waals surface area contributed by atoms with Crippen LogP contribution in [0.4, 0.5) is 4.79 Å². The Hall–Kier alpha value is -1.56. The lowest BCUT2D eigenvalue weighted by molar-refractivity contribution is 0.0202. The lowest BCUT2D eigenvalue weighted by Gasteiger charge is -2.33. The van der Waals surface area contributed by atoms with Gasteiger partial charge in [-0.3, -0.25) is 0 Å². The van der Waals surface area contributed by atoms with Crippen LogP contribution in [0.15, 0.2) is 6.20 Å². The number of imidazole rings is 1. The summed E-state index contributed by atoms with van der Waals surface area (Å²) in [7, 11) is 0. The first-order valence-corrected chi connectivity index (χ1v) is 10.6. The van der Waals surface area contributed by atoms with Gasteiger partial charge < -0.3 is 19.5 Å². The highest BCUT2D eigenvalue weighted by atomic mass is 16.6. The summed E-state index contributed by atoms with van der Waals surface area (Å²) in [6.45, 7) is 12.5. The number of aromatic nitrogens is 2. The van der Waals surface area contributed by atoms with Gasteiger partial charge in [0.15, 0.2) is 0 Å². The molecule has 2 fully saturated rings. The van der Waals surface area contributed by atoms with E-state index in [4.69, 9.17) is 9.72 Å². The van der Waals surface area contributed by atoms with Crippen molar-refractivity contribution in [2.24, 2.45) is 5.92 Å². The van der Waals surface area contributed by atoms with Gasteiger partial charge in [0.2, 0.25) is 0 Å². The first kappa shape index (κ1) is 20.2. The Morgan fingerprint density at radius 3 is 2.56 bits per heavy atom. The second-order valence-electron chi connectivity index (χ2n) is 9.03. The van der Waals surface area contributed by atoms with Crippen molar-refractivity contribution in [1.82, 2.24) is 19.8 Å². The third-order valence-corrected chi connectivity index (χ3v) is 5.39. The number of ether oxygens (including phenoxy) is 1. The van der Waals surface area contributed by atoms with E-state index in [1.165, 1.54) is 24.4 Å². The molecule has 0 unspecified atom stereocenters. The Kier molecular flexibility index (Phi) is 6.45. The number of hydrogen-bond donors (Lipinski definition) is 1. The van der Waals surface area contributed by atoms with E-state index in [-0.39, 0.29) is 6.09 Å². The fraction of sp³-hybridized carbons (Fsp3) is 0.810. The van der Waals surface area contributed by atoms with E-state index < -0.39 is 5.60 Å². The molecule has 1 saturated heterocycles. The summed E-state index contributed by atoms with van der Waals surface area (Å²) >= 11 is 0. The molecule has 1 aliphatic carbocycles. The van der Waals surface area contributed by atoms with Crippen molar-refractivity contribution in [3.8, 4) is 0 Å². The van der Waals surface area contributed by atoms with Gasteiger partial charge in [-0.15, -0.1) is 0 Å². The minimum absolute atomic E-state index is 0.192. The van der Waals surface area contributed by atoms with Gasteiger partial charge in [-0.25, -0.2) is 9.78 Å². The van der Waals surface area contributed by atoms with Crippen LogP contribution in [0.25, 0.3) is 0 Å². The fourth-order valence-electron chi connectivity index (χ4n) is 3.64. The largest absolute Gasteiger partial charge is 0.444 e. The van der Waals surface area contributed by atoms with E-state index in [1.54, 1.807) is 0 Å². The molecule has 1 aromatic heterocycles. The zero-order valence-electron chi connectivity index (χ0n) is 17.5. The molecule has 1 saturated carbocycles. The predicted molar refractivity (Wildman–Crippen MR) is 107 cm³/mol. The van der Waals surface area contributed by atoms with E-state index in [0.717, 1.165) is 57.9 Å². The molecule has 1 amide bonds. The molecule has 1 aliphatic heterocycles. The number of carbonyl (C=O) groups excluding carboxylic acids is 1. The normalized spacial score (nSPS) is 18.7. The first-order valence-electron chi connectivity index (χ1n) is 10.6. The molecule has 3 rings (SSSR count). The predicted octanol–water partition coefficient (Wildman–Crippen LogP) is 3.56. The summed E-state index contributed by atoms with van der Waals surface area (Å²) < 4.78 is 7.85. The van der Waals surface area contributed by atoms with E-state index in [2.05, 4.69) is 23.0 Å². The Balaban J connectivity index is 1.54. The van der Waals surface area contributed by atoms with Gasteiger partial charge in [-0.1, -0.05) is 6.92 Å². The van der Waals surface area contributed by atoms with Crippen molar-refractivity contribution in [2.45, 2.75) is 77.9 Å². The van der Waals surface area contributed by atoms with Crippen LogP contribution in [-0.4, -0.2) is 52.3 Å². The standard InChI is InChI=1S/C21H36N4O2/c1-5-18-15-25(13-10-22-14-16-6-7-16)19(23-18)17-8-11-24(12-9-17)20(26)27-21(2,3)4/h15-17,22H,5-14H2,1-4H3. The number of amides is 1. The van der Waals surface area contributed by atoms with Crippen LogP contribution < -0.4 is 5.32 Å². The monoisotopic (exact) mass is 376 g/mol. The van der Waals surface area contributed by atoms with Crippen LogP contribution in [-0.2, 0) is 17.7 Å². The summed E-state index contributed by atoms with van der Waals surface area (Å²) in [5.74, 6) is 2.53. The van der Waals surface area contributed by atoms with E-state index in [1.807, 2.05) is 25.7 Å². The molecule has 6 nitrogen and oxygen atoms in total. The number of nitrogens with zero attached hydrogens (tertiary/aromatic N) is 3. The summed E-state index contributed by atoms with van der Waals surface area (Å²) in [4.78, 5) is 19.0. The summed E-state index contributed by atoms with van der Waals surface area (Å²) in [6, 6.07) is 0. The number of rotatable bonds is 7. The second kappa shape index (κ2) is 8.63. The number of carbonyl (C=O) groups is 1. The minimum atomic E-state index is -0.437. The molecule has 6 heteroatoms. The number of nitrogens with one attached hydrogen (secondary N) is 1. The highest BCUT2D eigenvalue weighted by Crippen LogP contribution is 2.29. The second-order valence-corrected chi connectivity index (χ2v) is 9.03. The first-order chi connectivity index (χ1) is 12.9. The maximum Gasteiger partial charge on any atom is 0.410 e. The van der Waals surface area contributed by atoms with Gasteiger partial charge in [0, 0.05) is 38.3 Å². The van der Waals surface area contributed by atoms with Crippen molar-refractivity contribution < 1.29 is 9.53 Å². The Labute approximate surface area is 163 Å². The molecule has 0 atom stereocenters. The smallest absolute Gasteiger partial charge is 0.410 e. The molecule has 0 radical (unpaired) electrons. The summed E-state index contributed by atoms with van der Waals surface area (Å²) in [5.41, 5.74) is 0.731. The average Bonchev–Trinajstić information content (AvgIpc) is 3.35. The van der Waals surface area contributed by atoms with Crippen molar-refractivity contribution in [3.63, 3.8) is 0 Å². The van der Waals surface area contributed by atoms with E-state index in [9.17, 15) is 4.79 Å². The van der Waals surface area contributed by atoms with E-state index >= 15 is 0 Å². The number of aryl methyl sites for hydroxylation is 1. The number of likely N-dealkylation sites (tertiary alicyclic amines) is 1. The van der Waals surface area contributed by atoms with Gasteiger partial charge in [0.25, 0.3) is 0 Å².